The molecule has 0 aliphatic heterocycles. The molecule has 190 valence electrons. The van der Waals surface area contributed by atoms with Gasteiger partial charge in [-0.2, -0.15) is 11.8 Å². The molecule has 1 saturated carbocycles. The van der Waals surface area contributed by atoms with Crippen LogP contribution >= 0.6 is 11.8 Å². The number of aliphatic hydroxyl groups is 2. The topological polar surface area (TPSA) is 93.1 Å². The summed E-state index contributed by atoms with van der Waals surface area (Å²) in [6.45, 7) is 3.09. The third-order valence-corrected chi connectivity index (χ3v) is 7.14. The minimum Gasteiger partial charge on any atom is -0.466 e. The van der Waals surface area contributed by atoms with Gasteiger partial charge in [-0.05, 0) is 41.9 Å². The minimum absolute atomic E-state index is 0.0870. The zero-order chi connectivity index (χ0) is 24.8. The van der Waals surface area contributed by atoms with Crippen LogP contribution in [0.5, 0.6) is 0 Å². The number of hydrogen-bond acceptors (Lipinski definition) is 7. The van der Waals surface area contributed by atoms with E-state index in [-0.39, 0.29) is 30.0 Å². The molecule has 1 fully saturated rings. The Morgan fingerprint density at radius 1 is 1.26 bits per heavy atom. The number of carbonyl (C=O) groups excluding carboxylic acids is 2. The van der Waals surface area contributed by atoms with Crippen LogP contribution in [-0.2, 0) is 32.1 Å². The maximum Gasteiger partial charge on any atom is 0.305 e. The molecular weight excluding hydrogens is 452 g/mol. The molecule has 0 heterocycles. The summed E-state index contributed by atoms with van der Waals surface area (Å²) in [5, 5.41) is 20.9. The summed E-state index contributed by atoms with van der Waals surface area (Å²) in [5.41, 5.74) is 2.07. The summed E-state index contributed by atoms with van der Waals surface area (Å²) in [7, 11) is 1.65. The number of unbranched alkanes of at least 4 members (excludes halogenated alkanes) is 1. The van der Waals surface area contributed by atoms with Gasteiger partial charge in [0.25, 0.3) is 0 Å². The fourth-order valence-corrected chi connectivity index (χ4v) is 5.18. The zero-order valence-electron chi connectivity index (χ0n) is 20.5. The molecule has 1 aliphatic carbocycles. The van der Waals surface area contributed by atoms with Crippen LogP contribution in [0.4, 0.5) is 0 Å². The van der Waals surface area contributed by atoms with E-state index >= 15 is 0 Å². The lowest BCUT2D eigenvalue weighted by Gasteiger charge is -2.18. The van der Waals surface area contributed by atoms with E-state index in [0.29, 0.717) is 32.5 Å². The molecule has 4 atom stereocenters. The minimum atomic E-state index is -0.700. The molecule has 6 nitrogen and oxygen atoms in total. The number of Topliss-reactive ketones (excluding diaryl/α,β-unsaturated/α-hetero) is 1. The SMILES string of the molecule is CCCCOC(=O)CCCSCC[C@H]1C(=O)C[C@@H](O)[C@@H]1/C=C/[C@@H](O)Cc1cccc(COC)c1. The van der Waals surface area contributed by atoms with Crippen LogP contribution in [-0.4, -0.2) is 59.4 Å². The third-order valence-electron chi connectivity index (χ3n) is 6.04. The summed E-state index contributed by atoms with van der Waals surface area (Å²) >= 11 is 1.72. The van der Waals surface area contributed by atoms with E-state index in [2.05, 4.69) is 6.92 Å². The highest BCUT2D eigenvalue weighted by Crippen LogP contribution is 2.34. The highest BCUT2D eigenvalue weighted by molar-refractivity contribution is 7.99. The van der Waals surface area contributed by atoms with Gasteiger partial charge in [0.05, 0.1) is 25.4 Å². The van der Waals surface area contributed by atoms with Crippen molar-refractivity contribution >= 4 is 23.5 Å². The molecule has 7 heteroatoms. The van der Waals surface area contributed by atoms with Crippen LogP contribution in [0.25, 0.3) is 0 Å². The lowest BCUT2D eigenvalue weighted by Crippen LogP contribution is -2.20. The summed E-state index contributed by atoms with van der Waals surface area (Å²) in [5.74, 6) is 1.09. The quantitative estimate of drug-likeness (QED) is 0.204. The van der Waals surface area contributed by atoms with Gasteiger partial charge in [0.2, 0.25) is 0 Å². The van der Waals surface area contributed by atoms with Crippen molar-refractivity contribution in [2.75, 3.05) is 25.2 Å². The highest BCUT2D eigenvalue weighted by Gasteiger charge is 2.39. The lowest BCUT2D eigenvalue weighted by atomic mass is 9.91. The van der Waals surface area contributed by atoms with Gasteiger partial charge in [-0.25, -0.2) is 0 Å². The fourth-order valence-electron chi connectivity index (χ4n) is 4.20. The van der Waals surface area contributed by atoms with E-state index in [1.807, 2.05) is 30.3 Å². The smallest absolute Gasteiger partial charge is 0.305 e. The van der Waals surface area contributed by atoms with Crippen molar-refractivity contribution < 1.29 is 29.3 Å². The Labute approximate surface area is 208 Å². The van der Waals surface area contributed by atoms with Crippen molar-refractivity contribution in [3.63, 3.8) is 0 Å². The number of esters is 1. The van der Waals surface area contributed by atoms with Gasteiger partial charge >= 0.3 is 5.97 Å². The van der Waals surface area contributed by atoms with Gasteiger partial charge in [-0.3, -0.25) is 9.59 Å². The van der Waals surface area contributed by atoms with E-state index < -0.39 is 12.2 Å². The van der Waals surface area contributed by atoms with Crippen molar-refractivity contribution in [2.24, 2.45) is 11.8 Å². The zero-order valence-corrected chi connectivity index (χ0v) is 21.3. The van der Waals surface area contributed by atoms with Gasteiger partial charge in [-0.1, -0.05) is 49.8 Å². The van der Waals surface area contributed by atoms with Gasteiger partial charge in [-0.15, -0.1) is 0 Å². The van der Waals surface area contributed by atoms with Crippen molar-refractivity contribution in [1.29, 1.82) is 0 Å². The molecule has 0 unspecified atom stereocenters. The number of benzene rings is 1. The maximum atomic E-state index is 12.4. The second kappa shape index (κ2) is 16.1. The Morgan fingerprint density at radius 3 is 2.82 bits per heavy atom. The molecule has 2 rings (SSSR count). The van der Waals surface area contributed by atoms with Crippen molar-refractivity contribution in [3.8, 4) is 0 Å². The second-order valence-electron chi connectivity index (χ2n) is 8.91. The maximum absolute atomic E-state index is 12.4. The predicted molar refractivity (Wildman–Crippen MR) is 136 cm³/mol. The Kier molecular flexibility index (Phi) is 13.5. The lowest BCUT2D eigenvalue weighted by molar-refractivity contribution is -0.143. The third kappa shape index (κ3) is 10.3. The monoisotopic (exact) mass is 492 g/mol. The molecule has 1 aromatic rings. The number of ketones is 1. The van der Waals surface area contributed by atoms with Gasteiger partial charge in [0, 0.05) is 38.2 Å². The molecule has 2 N–H and O–H groups in total. The Hall–Kier alpha value is -1.67. The number of thioether (sulfide) groups is 1. The summed E-state index contributed by atoms with van der Waals surface area (Å²) in [4.78, 5) is 24.1. The summed E-state index contributed by atoms with van der Waals surface area (Å²) in [6, 6.07) is 7.91. The van der Waals surface area contributed by atoms with E-state index in [4.69, 9.17) is 9.47 Å². The normalized spacial score (nSPS) is 21.3. The van der Waals surface area contributed by atoms with E-state index in [0.717, 1.165) is 41.9 Å². The van der Waals surface area contributed by atoms with Crippen LogP contribution < -0.4 is 0 Å². The van der Waals surface area contributed by atoms with E-state index in [1.165, 1.54) is 0 Å². The average Bonchev–Trinajstić information content (AvgIpc) is 3.07. The molecule has 0 spiro atoms. The summed E-state index contributed by atoms with van der Waals surface area (Å²) < 4.78 is 10.3. The molecular formula is C27H40O6S. The molecule has 0 saturated heterocycles. The first kappa shape index (κ1) is 28.6. The average molecular weight is 493 g/mol. The van der Waals surface area contributed by atoms with E-state index in [9.17, 15) is 19.8 Å². The number of ether oxygens (including phenoxy) is 2. The molecule has 0 aromatic heterocycles. The van der Waals surface area contributed by atoms with Crippen LogP contribution in [0.1, 0.15) is 56.6 Å². The second-order valence-corrected chi connectivity index (χ2v) is 10.1. The number of hydrogen-bond donors (Lipinski definition) is 2. The molecule has 0 bridgehead atoms. The van der Waals surface area contributed by atoms with Gasteiger partial charge in [0.15, 0.2) is 0 Å². The molecule has 1 aromatic carbocycles. The van der Waals surface area contributed by atoms with Crippen LogP contribution in [0.15, 0.2) is 36.4 Å². The molecule has 0 radical (unpaired) electrons. The first-order chi connectivity index (χ1) is 16.4. The highest BCUT2D eigenvalue weighted by atomic mass is 32.2. The van der Waals surface area contributed by atoms with Crippen LogP contribution in [0, 0.1) is 11.8 Å². The fraction of sp³-hybridized carbons (Fsp3) is 0.630. The number of rotatable bonds is 16. The van der Waals surface area contributed by atoms with Crippen molar-refractivity contribution in [1.82, 2.24) is 0 Å². The van der Waals surface area contributed by atoms with Crippen LogP contribution in [0.3, 0.4) is 0 Å². The molecule has 0 amide bonds. The first-order valence-electron chi connectivity index (χ1n) is 12.3. The molecule has 1 aliphatic rings. The van der Waals surface area contributed by atoms with Crippen molar-refractivity contribution in [2.45, 2.75) is 70.7 Å². The van der Waals surface area contributed by atoms with Crippen molar-refractivity contribution in [3.05, 3.63) is 47.5 Å². The predicted octanol–water partition coefficient (Wildman–Crippen LogP) is 4.11. The largest absolute Gasteiger partial charge is 0.466 e. The first-order valence-corrected chi connectivity index (χ1v) is 13.5. The number of carbonyl (C=O) groups is 2. The van der Waals surface area contributed by atoms with Crippen LogP contribution in [0.2, 0.25) is 0 Å². The van der Waals surface area contributed by atoms with Gasteiger partial charge in [0.1, 0.15) is 5.78 Å². The van der Waals surface area contributed by atoms with Gasteiger partial charge < -0.3 is 19.7 Å². The Bertz CT molecular complexity index is 780. The summed E-state index contributed by atoms with van der Waals surface area (Å²) in [6.07, 6.45) is 6.56. The Balaban J connectivity index is 1.75. The standard InChI is InChI=1S/C27H40O6S/c1-3-4-13-33-27(31)9-6-14-34-15-12-24-23(25(29)18-26(24)30)11-10-22(28)17-20-7-5-8-21(16-20)19-32-2/h5,7-8,10-11,16,22-25,28-29H,3-4,6,9,12-15,17-19H2,1-2H3/b11-10+/t22-,23-,24-,25-/m1/s1. The molecule has 34 heavy (non-hydrogen) atoms. The van der Waals surface area contributed by atoms with E-state index in [1.54, 1.807) is 24.9 Å². The number of methoxy groups -OCH3 is 1. The Morgan fingerprint density at radius 2 is 2.06 bits per heavy atom. The number of aliphatic hydroxyl groups excluding tert-OH is 2.